The number of nitrogens with zero attached hydrogens (tertiary/aromatic N) is 1. The van der Waals surface area contributed by atoms with Gasteiger partial charge in [-0.1, -0.05) is 0 Å². The van der Waals surface area contributed by atoms with Crippen LogP contribution in [0.4, 0.5) is 5.69 Å². The first-order chi connectivity index (χ1) is 7.09. The van der Waals surface area contributed by atoms with E-state index in [1.165, 1.54) is 12.1 Å². The number of hydrogen-bond donors (Lipinski definition) is 0. The monoisotopic (exact) mass is 205 g/mol. The number of aryl methyl sites for hydroxylation is 1. The molecule has 0 radical (unpaired) electrons. The van der Waals surface area contributed by atoms with E-state index in [1.807, 2.05) is 0 Å². The van der Waals surface area contributed by atoms with Gasteiger partial charge in [-0.15, -0.1) is 0 Å². The van der Waals surface area contributed by atoms with Crippen molar-refractivity contribution >= 4 is 16.7 Å². The number of hydrogen-bond acceptors (Lipinski definition) is 4. The molecular weight excluding hydrogens is 198 g/mol. The molecule has 0 N–H and O–H groups in total. The van der Waals surface area contributed by atoms with Gasteiger partial charge >= 0.3 is 5.69 Å². The zero-order chi connectivity index (χ0) is 11.0. The Morgan fingerprint density at radius 3 is 2.80 bits per heavy atom. The number of non-ortho nitro benzene ring substituents is 1. The van der Waals surface area contributed by atoms with Crippen LogP contribution < -0.4 is 5.43 Å². The van der Waals surface area contributed by atoms with E-state index < -0.39 is 4.92 Å². The Balaban J connectivity index is 2.99. The molecule has 0 atom stereocenters. The van der Waals surface area contributed by atoms with Crippen molar-refractivity contribution in [3.8, 4) is 0 Å². The lowest BCUT2D eigenvalue weighted by atomic mass is 10.1. The van der Waals surface area contributed by atoms with Crippen molar-refractivity contribution in [2.24, 2.45) is 0 Å². The molecule has 1 heterocycles. The predicted octanol–water partition coefficient (Wildman–Crippen LogP) is 2.01. The van der Waals surface area contributed by atoms with E-state index in [9.17, 15) is 14.9 Å². The fourth-order valence-electron chi connectivity index (χ4n) is 1.45. The first-order valence-electron chi connectivity index (χ1n) is 4.26. The molecule has 0 spiro atoms. The van der Waals surface area contributed by atoms with Crippen molar-refractivity contribution < 1.29 is 9.34 Å². The van der Waals surface area contributed by atoms with Crippen LogP contribution >= 0.6 is 0 Å². The Morgan fingerprint density at radius 2 is 2.13 bits per heavy atom. The molecule has 0 saturated carbocycles. The maximum atomic E-state index is 11.4. The first kappa shape index (κ1) is 9.39. The van der Waals surface area contributed by atoms with Gasteiger partial charge in [-0.3, -0.25) is 14.9 Å². The third-order valence-corrected chi connectivity index (χ3v) is 2.08. The number of rotatable bonds is 1. The lowest BCUT2D eigenvalue weighted by Crippen LogP contribution is -2.00. The van der Waals surface area contributed by atoms with Crippen LogP contribution in [0.2, 0.25) is 0 Å². The summed E-state index contributed by atoms with van der Waals surface area (Å²) in [7, 11) is 0. The van der Waals surface area contributed by atoms with Crippen LogP contribution in [0.5, 0.6) is 0 Å². The molecule has 1 aromatic heterocycles. The summed E-state index contributed by atoms with van der Waals surface area (Å²) in [5.74, 6) is 0. The number of benzene rings is 1. The Hall–Kier alpha value is -2.17. The summed E-state index contributed by atoms with van der Waals surface area (Å²) in [6, 6.07) is 4.20. The quantitative estimate of drug-likeness (QED) is 0.527. The highest BCUT2D eigenvalue weighted by molar-refractivity contribution is 5.85. The maximum Gasteiger partial charge on any atom is 0.312 e. The molecule has 76 valence electrons. The molecule has 0 unspecified atom stereocenters. The van der Waals surface area contributed by atoms with Crippen LogP contribution in [0.3, 0.4) is 0 Å². The minimum absolute atomic E-state index is 0.0260. The summed E-state index contributed by atoms with van der Waals surface area (Å²) in [5, 5.41) is 11.0. The Labute approximate surface area is 84.1 Å². The summed E-state index contributed by atoms with van der Waals surface area (Å²) < 4.78 is 5.00. The molecule has 0 aliphatic carbocycles. The van der Waals surface area contributed by atoms with Gasteiger partial charge in [0.2, 0.25) is 5.58 Å². The topological polar surface area (TPSA) is 73.3 Å². The molecule has 15 heavy (non-hydrogen) atoms. The number of nitro benzene ring substituents is 1. The average Bonchev–Trinajstić information content (AvgIpc) is 2.18. The zero-order valence-corrected chi connectivity index (χ0v) is 7.89. The molecule has 0 bridgehead atoms. The Bertz CT molecular complexity index is 600. The highest BCUT2D eigenvalue weighted by Crippen LogP contribution is 2.24. The lowest BCUT2D eigenvalue weighted by Gasteiger charge is -1.99. The van der Waals surface area contributed by atoms with E-state index in [2.05, 4.69) is 0 Å². The van der Waals surface area contributed by atoms with E-state index >= 15 is 0 Å². The third-order valence-electron chi connectivity index (χ3n) is 2.08. The van der Waals surface area contributed by atoms with Crippen LogP contribution in [-0.4, -0.2) is 4.92 Å². The Kier molecular flexibility index (Phi) is 2.00. The third kappa shape index (κ3) is 1.48. The molecule has 5 heteroatoms. The molecule has 0 fully saturated rings. The van der Waals surface area contributed by atoms with Gasteiger partial charge in [0.15, 0.2) is 5.43 Å². The van der Waals surface area contributed by atoms with Crippen molar-refractivity contribution in [3.63, 3.8) is 0 Å². The van der Waals surface area contributed by atoms with Crippen LogP contribution in [0, 0.1) is 17.0 Å². The van der Waals surface area contributed by atoms with Crippen molar-refractivity contribution in [2.75, 3.05) is 0 Å². The van der Waals surface area contributed by atoms with Gasteiger partial charge < -0.3 is 4.42 Å². The van der Waals surface area contributed by atoms with Crippen molar-refractivity contribution in [1.82, 2.24) is 0 Å². The minimum atomic E-state index is -0.557. The van der Waals surface area contributed by atoms with Crippen LogP contribution in [0.15, 0.2) is 33.7 Å². The van der Waals surface area contributed by atoms with E-state index in [0.29, 0.717) is 5.56 Å². The summed E-state index contributed by atoms with van der Waals surface area (Å²) >= 11 is 0. The van der Waals surface area contributed by atoms with Gasteiger partial charge in [0.05, 0.1) is 16.6 Å². The van der Waals surface area contributed by atoms with Gasteiger partial charge in [-0.05, 0) is 18.6 Å². The highest BCUT2D eigenvalue weighted by atomic mass is 16.6. The minimum Gasteiger partial charge on any atom is -0.457 e. The molecular formula is C10H7NO4. The fourth-order valence-corrected chi connectivity index (χ4v) is 1.45. The van der Waals surface area contributed by atoms with Crippen molar-refractivity contribution in [1.29, 1.82) is 0 Å². The number of nitro groups is 1. The lowest BCUT2D eigenvalue weighted by molar-refractivity contribution is -0.383. The molecule has 0 aliphatic heterocycles. The largest absolute Gasteiger partial charge is 0.457 e. The second kappa shape index (κ2) is 3.20. The first-order valence-corrected chi connectivity index (χ1v) is 4.26. The van der Waals surface area contributed by atoms with Crippen molar-refractivity contribution in [3.05, 3.63) is 50.4 Å². The van der Waals surface area contributed by atoms with E-state index in [-0.39, 0.29) is 22.1 Å². The van der Waals surface area contributed by atoms with Gasteiger partial charge in [-0.25, -0.2) is 0 Å². The van der Waals surface area contributed by atoms with Crippen LogP contribution in [-0.2, 0) is 0 Å². The average molecular weight is 205 g/mol. The predicted molar refractivity (Wildman–Crippen MR) is 53.9 cm³/mol. The van der Waals surface area contributed by atoms with Crippen LogP contribution in [0.25, 0.3) is 11.0 Å². The van der Waals surface area contributed by atoms with Crippen molar-refractivity contribution in [2.45, 2.75) is 6.92 Å². The summed E-state index contributed by atoms with van der Waals surface area (Å²) in [6.07, 6.45) is 1.16. The SMILES string of the molecule is Cc1cc([N+](=O)[O-])c2occc(=O)c2c1. The second-order valence-corrected chi connectivity index (χ2v) is 3.20. The molecule has 0 aliphatic rings. The van der Waals surface area contributed by atoms with E-state index in [4.69, 9.17) is 4.42 Å². The summed E-state index contributed by atoms with van der Waals surface area (Å²) in [4.78, 5) is 21.6. The normalized spacial score (nSPS) is 10.5. The van der Waals surface area contributed by atoms with Crippen LogP contribution in [0.1, 0.15) is 5.56 Å². The maximum absolute atomic E-state index is 11.4. The highest BCUT2D eigenvalue weighted by Gasteiger charge is 2.16. The van der Waals surface area contributed by atoms with E-state index in [0.717, 1.165) is 6.26 Å². The molecule has 2 rings (SSSR count). The zero-order valence-electron chi connectivity index (χ0n) is 7.89. The molecule has 2 aromatic rings. The summed E-state index contributed by atoms with van der Waals surface area (Å²) in [6.45, 7) is 1.69. The van der Waals surface area contributed by atoms with Gasteiger partial charge in [0.1, 0.15) is 0 Å². The van der Waals surface area contributed by atoms with Gasteiger partial charge in [-0.2, -0.15) is 0 Å². The fraction of sp³-hybridized carbons (Fsp3) is 0.100. The summed E-state index contributed by atoms with van der Waals surface area (Å²) in [5.41, 5.74) is 0.233. The molecule has 0 amide bonds. The molecule has 0 saturated heterocycles. The number of fused-ring (bicyclic) bond motifs is 1. The molecule has 1 aromatic carbocycles. The van der Waals surface area contributed by atoms with Gasteiger partial charge in [0, 0.05) is 12.1 Å². The molecule has 5 nitrogen and oxygen atoms in total. The Morgan fingerprint density at radius 1 is 1.40 bits per heavy atom. The van der Waals surface area contributed by atoms with Gasteiger partial charge in [0.25, 0.3) is 0 Å². The van der Waals surface area contributed by atoms with E-state index in [1.54, 1.807) is 13.0 Å². The second-order valence-electron chi connectivity index (χ2n) is 3.20. The smallest absolute Gasteiger partial charge is 0.312 e. The standard InChI is InChI=1S/C10H7NO4/c1-6-4-7-9(12)2-3-15-10(7)8(5-6)11(13)14/h2-5H,1H3.